The second kappa shape index (κ2) is 9.82. The van der Waals surface area contributed by atoms with Crippen molar-refractivity contribution >= 4 is 11.6 Å². The van der Waals surface area contributed by atoms with Gasteiger partial charge in [-0.3, -0.25) is 9.59 Å². The minimum absolute atomic E-state index is 0.332. The quantitative estimate of drug-likeness (QED) is 0.389. The van der Waals surface area contributed by atoms with E-state index in [4.69, 9.17) is 0 Å². The molecule has 0 saturated heterocycles. The van der Waals surface area contributed by atoms with Crippen LogP contribution in [-0.4, -0.2) is 11.6 Å². The summed E-state index contributed by atoms with van der Waals surface area (Å²) in [5.74, 6) is -0.697. The molecule has 2 aromatic rings. The molecule has 2 heteroatoms. The third kappa shape index (κ3) is 3.83. The Balaban J connectivity index is 2.79. The van der Waals surface area contributed by atoms with Gasteiger partial charge in [0.15, 0.2) is 0 Å². The van der Waals surface area contributed by atoms with E-state index in [0.29, 0.717) is 11.1 Å². The van der Waals surface area contributed by atoms with Crippen molar-refractivity contribution in [2.75, 3.05) is 0 Å². The zero-order chi connectivity index (χ0) is 20.8. The van der Waals surface area contributed by atoms with E-state index in [1.54, 1.807) is 6.07 Å². The normalized spacial score (nSPS) is 10.9. The number of ketones is 2. The lowest BCUT2D eigenvalue weighted by molar-refractivity contribution is 0.0815. The topological polar surface area (TPSA) is 34.1 Å². The summed E-state index contributed by atoms with van der Waals surface area (Å²) in [4.78, 5) is 26.8. The van der Waals surface area contributed by atoms with Crippen molar-refractivity contribution in [3.05, 3.63) is 68.8 Å². The number of hydrogen-bond donors (Lipinski definition) is 0. The lowest BCUT2D eigenvalue weighted by Gasteiger charge is -2.24. The van der Waals surface area contributed by atoms with Gasteiger partial charge in [0.25, 0.3) is 0 Å². The molecule has 0 fully saturated rings. The highest BCUT2D eigenvalue weighted by Gasteiger charge is 2.28. The molecule has 0 heterocycles. The van der Waals surface area contributed by atoms with Crippen molar-refractivity contribution in [2.24, 2.45) is 0 Å². The minimum Gasteiger partial charge on any atom is -0.285 e. The van der Waals surface area contributed by atoms with Gasteiger partial charge in [-0.2, -0.15) is 0 Å². The number of aryl methyl sites for hydroxylation is 1. The standard InChI is InChI=1S/C26H34O2/c1-7-17-15-13-14-16-23(17)25(27)26(28)24-21(11-5)19(9-3)18(8-2)20(10-4)22(24)12-6/h13-16H,7-12H2,1-6H3. The Morgan fingerprint density at radius 3 is 1.43 bits per heavy atom. The number of hydrogen-bond acceptors (Lipinski definition) is 2. The van der Waals surface area contributed by atoms with Crippen LogP contribution < -0.4 is 0 Å². The monoisotopic (exact) mass is 378 g/mol. The Hall–Kier alpha value is -2.22. The van der Waals surface area contributed by atoms with E-state index in [1.165, 1.54) is 16.7 Å². The number of carbonyl (C=O) groups is 2. The average Bonchev–Trinajstić information content (AvgIpc) is 2.75. The molecule has 0 bridgehead atoms. The van der Waals surface area contributed by atoms with E-state index in [0.717, 1.165) is 55.2 Å². The van der Waals surface area contributed by atoms with Crippen molar-refractivity contribution in [1.29, 1.82) is 0 Å². The van der Waals surface area contributed by atoms with Crippen molar-refractivity contribution in [2.45, 2.75) is 80.1 Å². The van der Waals surface area contributed by atoms with E-state index in [9.17, 15) is 9.59 Å². The van der Waals surface area contributed by atoms with E-state index >= 15 is 0 Å². The number of carbonyl (C=O) groups excluding carboxylic acids is 2. The molecule has 0 aliphatic rings. The lowest BCUT2D eigenvalue weighted by atomic mass is 9.79. The molecule has 0 aliphatic heterocycles. The molecule has 0 N–H and O–H groups in total. The van der Waals surface area contributed by atoms with Crippen molar-refractivity contribution in [3.63, 3.8) is 0 Å². The summed E-state index contributed by atoms with van der Waals surface area (Å²) in [5.41, 5.74) is 8.28. The summed E-state index contributed by atoms with van der Waals surface area (Å²) in [6, 6.07) is 7.50. The molecular weight excluding hydrogens is 344 g/mol. The van der Waals surface area contributed by atoms with Crippen LogP contribution in [0.1, 0.15) is 95.6 Å². The van der Waals surface area contributed by atoms with Crippen LogP contribution in [0.25, 0.3) is 0 Å². The second-order valence-electron chi connectivity index (χ2n) is 7.20. The van der Waals surface area contributed by atoms with Gasteiger partial charge in [-0.1, -0.05) is 65.8 Å². The molecule has 150 valence electrons. The van der Waals surface area contributed by atoms with E-state index < -0.39 is 0 Å². The number of rotatable bonds is 9. The summed E-state index contributed by atoms with van der Waals surface area (Å²) in [7, 11) is 0. The van der Waals surface area contributed by atoms with Crippen molar-refractivity contribution in [3.8, 4) is 0 Å². The lowest BCUT2D eigenvalue weighted by Crippen LogP contribution is -2.23. The maximum atomic E-state index is 13.6. The maximum Gasteiger partial charge on any atom is 0.234 e. The molecule has 28 heavy (non-hydrogen) atoms. The summed E-state index contributed by atoms with van der Waals surface area (Å²) in [6.07, 6.45) is 5.04. The van der Waals surface area contributed by atoms with Gasteiger partial charge < -0.3 is 0 Å². The van der Waals surface area contributed by atoms with Gasteiger partial charge in [-0.25, -0.2) is 0 Å². The predicted octanol–water partition coefficient (Wildman–Crippen LogP) is 6.13. The van der Waals surface area contributed by atoms with Gasteiger partial charge in [0, 0.05) is 11.1 Å². The molecule has 0 spiro atoms. The Morgan fingerprint density at radius 1 is 0.571 bits per heavy atom. The first kappa shape index (κ1) is 22.1. The summed E-state index contributed by atoms with van der Waals surface area (Å²) in [5, 5.41) is 0. The highest BCUT2D eigenvalue weighted by Crippen LogP contribution is 2.32. The van der Waals surface area contributed by atoms with Crippen LogP contribution in [-0.2, 0) is 38.5 Å². The average molecular weight is 379 g/mol. The smallest absolute Gasteiger partial charge is 0.234 e. The summed E-state index contributed by atoms with van der Waals surface area (Å²) < 4.78 is 0. The van der Waals surface area contributed by atoms with Gasteiger partial charge in [-0.15, -0.1) is 0 Å². The van der Waals surface area contributed by atoms with Crippen LogP contribution in [0.2, 0.25) is 0 Å². The fourth-order valence-corrected chi connectivity index (χ4v) is 4.65. The molecule has 2 nitrogen and oxygen atoms in total. The fourth-order valence-electron chi connectivity index (χ4n) is 4.65. The molecule has 2 rings (SSSR count). The van der Waals surface area contributed by atoms with Gasteiger partial charge in [-0.05, 0) is 71.9 Å². The molecular formula is C26H34O2. The third-order valence-corrected chi connectivity index (χ3v) is 5.90. The highest BCUT2D eigenvalue weighted by molar-refractivity contribution is 6.50. The first-order valence-electron chi connectivity index (χ1n) is 10.8. The zero-order valence-corrected chi connectivity index (χ0v) is 18.4. The van der Waals surface area contributed by atoms with Gasteiger partial charge in [0.05, 0.1) is 0 Å². The maximum absolute atomic E-state index is 13.6. The zero-order valence-electron chi connectivity index (χ0n) is 18.4. The van der Waals surface area contributed by atoms with Crippen LogP contribution in [0.4, 0.5) is 0 Å². The largest absolute Gasteiger partial charge is 0.285 e. The molecule has 2 aromatic carbocycles. The third-order valence-electron chi connectivity index (χ3n) is 5.90. The number of Topliss-reactive ketones (excluding diaryl/α,β-unsaturated/α-hetero) is 2. The molecule has 0 aromatic heterocycles. The SMILES string of the molecule is CCc1ccccc1C(=O)C(=O)c1c(CC)c(CC)c(CC)c(CC)c1CC. The molecule has 0 atom stereocenters. The van der Waals surface area contributed by atoms with Crippen molar-refractivity contribution < 1.29 is 9.59 Å². The molecule has 0 amide bonds. The molecule has 0 unspecified atom stereocenters. The highest BCUT2D eigenvalue weighted by atomic mass is 16.2. The van der Waals surface area contributed by atoms with Gasteiger partial charge in [0.1, 0.15) is 0 Å². The van der Waals surface area contributed by atoms with Crippen LogP contribution >= 0.6 is 0 Å². The minimum atomic E-state index is -0.366. The molecule has 0 saturated carbocycles. The molecule has 0 radical (unpaired) electrons. The summed E-state index contributed by atoms with van der Waals surface area (Å²) >= 11 is 0. The van der Waals surface area contributed by atoms with Gasteiger partial charge in [0.2, 0.25) is 11.6 Å². The van der Waals surface area contributed by atoms with Gasteiger partial charge >= 0.3 is 0 Å². The summed E-state index contributed by atoms with van der Waals surface area (Å²) in [6.45, 7) is 12.7. The van der Waals surface area contributed by atoms with E-state index in [2.05, 4.69) is 34.6 Å². The first-order chi connectivity index (χ1) is 13.5. The van der Waals surface area contributed by atoms with E-state index in [-0.39, 0.29) is 11.6 Å². The Bertz CT molecular complexity index is 841. The Labute approximate surface area is 170 Å². The Kier molecular flexibility index (Phi) is 7.74. The number of benzene rings is 2. The van der Waals surface area contributed by atoms with Crippen LogP contribution in [0.5, 0.6) is 0 Å². The second-order valence-corrected chi connectivity index (χ2v) is 7.20. The van der Waals surface area contributed by atoms with Crippen molar-refractivity contribution in [1.82, 2.24) is 0 Å². The predicted molar refractivity (Wildman–Crippen MR) is 118 cm³/mol. The molecule has 0 aliphatic carbocycles. The van der Waals surface area contributed by atoms with Crippen LogP contribution in [0.15, 0.2) is 24.3 Å². The Morgan fingerprint density at radius 2 is 1.00 bits per heavy atom. The van der Waals surface area contributed by atoms with E-state index in [1.807, 2.05) is 25.1 Å². The fraction of sp³-hybridized carbons (Fsp3) is 0.462. The van der Waals surface area contributed by atoms with Crippen LogP contribution in [0.3, 0.4) is 0 Å². The van der Waals surface area contributed by atoms with Crippen LogP contribution in [0, 0.1) is 0 Å². The first-order valence-corrected chi connectivity index (χ1v) is 10.8.